The van der Waals surface area contributed by atoms with Gasteiger partial charge in [0.25, 0.3) is 5.91 Å². The molecule has 0 aliphatic rings. The molecule has 94 valence electrons. The first kappa shape index (κ1) is 13.7. The van der Waals surface area contributed by atoms with E-state index in [2.05, 4.69) is 5.32 Å². The molecule has 1 heterocycles. The molecule has 0 spiro atoms. The van der Waals surface area contributed by atoms with Crippen molar-refractivity contribution in [2.75, 3.05) is 7.11 Å². The lowest BCUT2D eigenvalue weighted by atomic mass is 9.99. The molecule has 0 radical (unpaired) electrons. The molecule has 0 saturated heterocycles. The van der Waals surface area contributed by atoms with Crippen molar-refractivity contribution >= 4 is 23.2 Å². The van der Waals surface area contributed by atoms with E-state index < -0.39 is 12.0 Å². The van der Waals surface area contributed by atoms with Crippen LogP contribution in [-0.4, -0.2) is 25.0 Å². The highest BCUT2D eigenvalue weighted by Gasteiger charge is 2.27. The molecular formula is C12H17NO3S. The maximum Gasteiger partial charge on any atom is 0.328 e. The minimum Gasteiger partial charge on any atom is -0.467 e. The standard InChI is InChI=1S/C12H17NO3S/c1-4-8(2)10(12(15)16-3)13-11(14)9-6-5-7-17-9/h5-8,10H,4H2,1-3H3,(H,13,14). The van der Waals surface area contributed by atoms with Crippen LogP contribution in [0.3, 0.4) is 0 Å². The topological polar surface area (TPSA) is 55.4 Å². The second-order valence-electron chi connectivity index (χ2n) is 3.84. The summed E-state index contributed by atoms with van der Waals surface area (Å²) < 4.78 is 4.70. The van der Waals surface area contributed by atoms with Gasteiger partial charge in [0, 0.05) is 0 Å². The third-order valence-electron chi connectivity index (χ3n) is 2.70. The molecule has 0 fully saturated rings. The first-order valence-electron chi connectivity index (χ1n) is 5.52. The summed E-state index contributed by atoms with van der Waals surface area (Å²) in [6.07, 6.45) is 0.796. The second kappa shape index (κ2) is 6.39. The van der Waals surface area contributed by atoms with E-state index in [9.17, 15) is 9.59 Å². The van der Waals surface area contributed by atoms with Gasteiger partial charge in [0.2, 0.25) is 0 Å². The Morgan fingerprint density at radius 2 is 2.24 bits per heavy atom. The minimum absolute atomic E-state index is 0.0476. The van der Waals surface area contributed by atoms with E-state index in [1.165, 1.54) is 18.4 Å². The minimum atomic E-state index is -0.584. The zero-order valence-corrected chi connectivity index (χ0v) is 11.0. The molecule has 2 atom stereocenters. The van der Waals surface area contributed by atoms with Gasteiger partial charge in [0.15, 0.2) is 0 Å². The molecule has 1 amide bonds. The number of esters is 1. The van der Waals surface area contributed by atoms with E-state index in [1.807, 2.05) is 19.2 Å². The van der Waals surface area contributed by atoms with Crippen molar-refractivity contribution in [3.05, 3.63) is 22.4 Å². The third-order valence-corrected chi connectivity index (χ3v) is 3.57. The summed E-state index contributed by atoms with van der Waals surface area (Å²) in [5, 5.41) is 4.54. The van der Waals surface area contributed by atoms with Crippen LogP contribution in [0.5, 0.6) is 0 Å². The molecule has 0 saturated carbocycles. The summed E-state index contributed by atoms with van der Waals surface area (Å²) in [6.45, 7) is 3.88. The third kappa shape index (κ3) is 3.56. The quantitative estimate of drug-likeness (QED) is 0.819. The molecule has 5 heteroatoms. The van der Waals surface area contributed by atoms with Crippen LogP contribution in [-0.2, 0) is 9.53 Å². The van der Waals surface area contributed by atoms with Gasteiger partial charge in [-0.3, -0.25) is 4.79 Å². The van der Waals surface area contributed by atoms with Gasteiger partial charge in [-0.25, -0.2) is 4.79 Å². The number of methoxy groups -OCH3 is 1. The molecule has 1 N–H and O–H groups in total. The van der Waals surface area contributed by atoms with Crippen LogP contribution < -0.4 is 5.32 Å². The van der Waals surface area contributed by atoms with Crippen molar-refractivity contribution in [2.45, 2.75) is 26.3 Å². The summed E-state index contributed by atoms with van der Waals surface area (Å²) >= 11 is 1.35. The average Bonchev–Trinajstić information content (AvgIpc) is 2.87. The Hall–Kier alpha value is -1.36. The molecule has 17 heavy (non-hydrogen) atoms. The first-order chi connectivity index (χ1) is 8.10. The number of amides is 1. The van der Waals surface area contributed by atoms with Crippen molar-refractivity contribution in [2.24, 2.45) is 5.92 Å². The Morgan fingerprint density at radius 3 is 2.71 bits per heavy atom. The van der Waals surface area contributed by atoms with Crippen molar-refractivity contribution in [3.63, 3.8) is 0 Å². The molecule has 1 rings (SSSR count). The van der Waals surface area contributed by atoms with Crippen molar-refractivity contribution < 1.29 is 14.3 Å². The summed E-state index contributed by atoms with van der Waals surface area (Å²) in [5.41, 5.74) is 0. The molecule has 1 aromatic heterocycles. The number of nitrogens with one attached hydrogen (secondary N) is 1. The zero-order valence-electron chi connectivity index (χ0n) is 10.2. The highest BCUT2D eigenvalue weighted by atomic mass is 32.1. The lowest BCUT2D eigenvalue weighted by Gasteiger charge is -2.21. The van der Waals surface area contributed by atoms with Crippen LogP contribution in [0.1, 0.15) is 29.9 Å². The number of hydrogen-bond acceptors (Lipinski definition) is 4. The van der Waals surface area contributed by atoms with E-state index in [4.69, 9.17) is 4.74 Å². The molecule has 0 aliphatic carbocycles. The maximum atomic E-state index is 11.8. The normalized spacial score (nSPS) is 13.8. The number of hydrogen-bond donors (Lipinski definition) is 1. The Morgan fingerprint density at radius 1 is 1.53 bits per heavy atom. The Balaban J connectivity index is 2.73. The molecule has 2 unspecified atom stereocenters. The van der Waals surface area contributed by atoms with Gasteiger partial charge in [-0.15, -0.1) is 11.3 Å². The van der Waals surface area contributed by atoms with Gasteiger partial charge >= 0.3 is 5.97 Å². The molecule has 1 aromatic rings. The molecular weight excluding hydrogens is 238 g/mol. The van der Waals surface area contributed by atoms with E-state index in [-0.39, 0.29) is 11.8 Å². The van der Waals surface area contributed by atoms with Gasteiger partial charge in [-0.05, 0) is 17.4 Å². The van der Waals surface area contributed by atoms with Crippen molar-refractivity contribution in [1.29, 1.82) is 0 Å². The van der Waals surface area contributed by atoms with Crippen LogP contribution in [0.25, 0.3) is 0 Å². The summed E-state index contributed by atoms with van der Waals surface area (Å²) in [5.74, 6) is -0.577. The Labute approximate surface area is 105 Å². The van der Waals surface area contributed by atoms with Crippen LogP contribution in [0.15, 0.2) is 17.5 Å². The van der Waals surface area contributed by atoms with Gasteiger partial charge in [0.1, 0.15) is 6.04 Å². The zero-order chi connectivity index (χ0) is 12.8. The van der Waals surface area contributed by atoms with E-state index in [0.29, 0.717) is 4.88 Å². The summed E-state index contributed by atoms with van der Waals surface area (Å²) in [6, 6.07) is 2.94. The Kier molecular flexibility index (Phi) is 5.15. The number of ether oxygens (including phenoxy) is 1. The van der Waals surface area contributed by atoms with Crippen molar-refractivity contribution in [1.82, 2.24) is 5.32 Å². The van der Waals surface area contributed by atoms with Crippen LogP contribution in [0.2, 0.25) is 0 Å². The van der Waals surface area contributed by atoms with Crippen LogP contribution in [0.4, 0.5) is 0 Å². The number of thiophene rings is 1. The number of carbonyl (C=O) groups is 2. The fourth-order valence-corrected chi connectivity index (χ4v) is 2.04. The second-order valence-corrected chi connectivity index (χ2v) is 4.78. The lowest BCUT2D eigenvalue weighted by Crippen LogP contribution is -2.45. The summed E-state index contributed by atoms with van der Waals surface area (Å²) in [4.78, 5) is 24.0. The Bertz CT molecular complexity index is 375. The number of carbonyl (C=O) groups excluding carboxylic acids is 2. The molecule has 4 nitrogen and oxygen atoms in total. The van der Waals surface area contributed by atoms with E-state index >= 15 is 0 Å². The fraction of sp³-hybridized carbons (Fsp3) is 0.500. The largest absolute Gasteiger partial charge is 0.467 e. The monoisotopic (exact) mass is 255 g/mol. The van der Waals surface area contributed by atoms with Crippen LogP contribution in [0, 0.1) is 5.92 Å². The highest BCUT2D eigenvalue weighted by molar-refractivity contribution is 7.12. The van der Waals surface area contributed by atoms with Gasteiger partial charge in [-0.2, -0.15) is 0 Å². The van der Waals surface area contributed by atoms with Gasteiger partial charge in [0.05, 0.1) is 12.0 Å². The first-order valence-corrected chi connectivity index (χ1v) is 6.40. The lowest BCUT2D eigenvalue weighted by molar-refractivity contribution is -0.144. The van der Waals surface area contributed by atoms with E-state index in [0.717, 1.165) is 6.42 Å². The van der Waals surface area contributed by atoms with Crippen LogP contribution >= 0.6 is 11.3 Å². The van der Waals surface area contributed by atoms with E-state index in [1.54, 1.807) is 12.1 Å². The molecule has 0 aromatic carbocycles. The summed E-state index contributed by atoms with van der Waals surface area (Å²) in [7, 11) is 1.33. The smallest absolute Gasteiger partial charge is 0.328 e. The average molecular weight is 255 g/mol. The molecule has 0 aliphatic heterocycles. The number of rotatable bonds is 5. The maximum absolute atomic E-state index is 11.8. The predicted molar refractivity (Wildman–Crippen MR) is 67.0 cm³/mol. The fourth-order valence-electron chi connectivity index (χ4n) is 1.42. The van der Waals surface area contributed by atoms with Gasteiger partial charge < -0.3 is 10.1 Å². The molecule has 0 bridgehead atoms. The highest BCUT2D eigenvalue weighted by Crippen LogP contribution is 2.13. The predicted octanol–water partition coefficient (Wildman–Crippen LogP) is 2.07. The van der Waals surface area contributed by atoms with Gasteiger partial charge in [-0.1, -0.05) is 26.3 Å². The van der Waals surface area contributed by atoms with Crippen molar-refractivity contribution in [3.8, 4) is 0 Å². The SMILES string of the molecule is CCC(C)C(NC(=O)c1cccs1)C(=O)OC.